The highest BCUT2D eigenvalue weighted by Crippen LogP contribution is 2.54. The number of carbonyl (C=O) groups is 3. The minimum atomic E-state index is -2.65. The van der Waals surface area contributed by atoms with Gasteiger partial charge in [0.25, 0.3) is 5.91 Å². The summed E-state index contributed by atoms with van der Waals surface area (Å²) in [5.41, 5.74) is 3.71. The molecule has 0 spiro atoms. The number of carbonyl (C=O) groups excluding carboxylic acids is 3. The van der Waals surface area contributed by atoms with E-state index < -0.39 is 58.0 Å². The maximum atomic E-state index is 14.0. The van der Waals surface area contributed by atoms with Crippen LogP contribution in [0.5, 0.6) is 5.75 Å². The van der Waals surface area contributed by atoms with Gasteiger partial charge in [-0.05, 0) is 44.5 Å². The zero-order chi connectivity index (χ0) is 28.4. The molecule has 206 valence electrons. The highest BCUT2D eigenvalue weighted by atomic mass is 16.3. The fourth-order valence-electron chi connectivity index (χ4n) is 6.19. The van der Waals surface area contributed by atoms with Crippen LogP contribution in [0.2, 0.25) is 0 Å². The number of nitrogens with one attached hydrogen (secondary N) is 1. The summed E-state index contributed by atoms with van der Waals surface area (Å²) in [6, 6.07) is 0.852. The van der Waals surface area contributed by atoms with E-state index in [2.05, 4.69) is 5.32 Å². The van der Waals surface area contributed by atoms with E-state index in [4.69, 9.17) is 5.73 Å². The van der Waals surface area contributed by atoms with E-state index in [1.54, 1.807) is 14.1 Å². The number of ketones is 2. The Kier molecular flexibility index (Phi) is 6.84. The Hall–Kier alpha value is -3.41. The quantitative estimate of drug-likeness (QED) is 0.286. The van der Waals surface area contributed by atoms with Gasteiger partial charge in [-0.1, -0.05) is 13.8 Å². The number of nitrogens with zero attached hydrogens (tertiary/aromatic N) is 2. The smallest absolute Gasteiger partial charge is 0.255 e. The Morgan fingerprint density at radius 1 is 1.18 bits per heavy atom. The van der Waals surface area contributed by atoms with Gasteiger partial charge in [0.2, 0.25) is 5.78 Å². The van der Waals surface area contributed by atoms with Crippen molar-refractivity contribution < 1.29 is 34.8 Å². The third kappa shape index (κ3) is 3.88. The van der Waals surface area contributed by atoms with Crippen molar-refractivity contribution in [1.82, 2.24) is 10.2 Å². The summed E-state index contributed by atoms with van der Waals surface area (Å²) in [5.74, 6) is -6.55. The highest BCUT2D eigenvalue weighted by Gasteiger charge is 2.64. The van der Waals surface area contributed by atoms with Gasteiger partial charge in [-0.3, -0.25) is 19.3 Å². The molecular weight excluding hydrogens is 492 g/mol. The second-order valence-electron chi connectivity index (χ2n) is 11.1. The lowest BCUT2D eigenvalue weighted by molar-refractivity contribution is -0.153. The molecule has 0 saturated heterocycles. The van der Waals surface area contributed by atoms with E-state index in [1.807, 2.05) is 38.9 Å². The first-order chi connectivity index (χ1) is 17.6. The van der Waals surface area contributed by atoms with Crippen LogP contribution in [0, 0.1) is 11.8 Å². The van der Waals surface area contributed by atoms with E-state index in [0.717, 1.165) is 5.69 Å². The molecule has 1 saturated carbocycles. The molecule has 1 amide bonds. The van der Waals surface area contributed by atoms with Crippen molar-refractivity contribution >= 4 is 28.9 Å². The average Bonchev–Trinajstić information content (AvgIpc) is 2.80. The molecule has 1 aromatic rings. The maximum absolute atomic E-state index is 14.0. The Morgan fingerprint density at radius 2 is 1.82 bits per heavy atom. The molecule has 0 unspecified atom stereocenters. The molecular formula is C27H36N4O7. The molecule has 0 aliphatic heterocycles. The van der Waals surface area contributed by atoms with Crippen LogP contribution < -0.4 is 16.0 Å². The van der Waals surface area contributed by atoms with Gasteiger partial charge in [0.1, 0.15) is 22.8 Å². The second kappa shape index (κ2) is 9.40. The number of likely N-dealkylation sites (N-methyl/N-ethyl adjacent to an activating group) is 1. The number of amides is 1. The lowest BCUT2D eigenvalue weighted by atomic mass is 9.57. The molecule has 0 heterocycles. The number of hydrogen-bond acceptors (Lipinski definition) is 10. The summed E-state index contributed by atoms with van der Waals surface area (Å²) >= 11 is 0. The number of fused-ring (bicyclic) bond motifs is 3. The summed E-state index contributed by atoms with van der Waals surface area (Å²) < 4.78 is 0. The molecule has 0 aromatic heterocycles. The topological polar surface area (TPSA) is 177 Å². The van der Waals surface area contributed by atoms with Gasteiger partial charge in [-0.2, -0.15) is 0 Å². The van der Waals surface area contributed by atoms with E-state index in [1.165, 1.54) is 4.90 Å². The lowest BCUT2D eigenvalue weighted by Gasteiger charge is -2.50. The van der Waals surface area contributed by atoms with Crippen molar-refractivity contribution in [3.05, 3.63) is 39.7 Å². The van der Waals surface area contributed by atoms with Crippen LogP contribution in [0.3, 0.4) is 0 Å². The Bertz CT molecular complexity index is 1300. The first-order valence-electron chi connectivity index (χ1n) is 12.6. The number of nitrogens with two attached hydrogens (primary N) is 1. The van der Waals surface area contributed by atoms with Crippen LogP contribution in [-0.4, -0.2) is 88.7 Å². The van der Waals surface area contributed by atoms with Crippen LogP contribution in [0.1, 0.15) is 37.0 Å². The van der Waals surface area contributed by atoms with E-state index in [-0.39, 0.29) is 35.8 Å². The standard InChI is InChI=1S/C27H36N4O7/c1-11(2)29-10-13-9-16(30(3)4)14-7-12-8-15-20(31(5)6)23(34)19(26(28)37)25(36)27(15,38)24(35)17(12)22(33)18(14)21(13)32/h9,11-12,15,20,29,32-33,36,38H,7-8,10H2,1-6H3,(H2,28,37)/t12-,15-,20-,27-/m1/s1. The van der Waals surface area contributed by atoms with Crippen molar-refractivity contribution in [3.8, 4) is 5.75 Å². The molecule has 0 radical (unpaired) electrons. The third-order valence-corrected chi connectivity index (χ3v) is 7.96. The van der Waals surface area contributed by atoms with Crippen LogP contribution in [-0.2, 0) is 27.3 Å². The minimum Gasteiger partial charge on any atom is -0.508 e. The van der Waals surface area contributed by atoms with Gasteiger partial charge >= 0.3 is 0 Å². The molecule has 3 aliphatic rings. The summed E-state index contributed by atoms with van der Waals surface area (Å²) in [6.45, 7) is 4.22. The van der Waals surface area contributed by atoms with Gasteiger partial charge in [-0.15, -0.1) is 0 Å². The van der Waals surface area contributed by atoms with Crippen LogP contribution in [0.15, 0.2) is 23.0 Å². The van der Waals surface area contributed by atoms with E-state index in [9.17, 15) is 34.8 Å². The number of aromatic hydroxyl groups is 1. The average molecular weight is 529 g/mol. The molecule has 3 aliphatic carbocycles. The number of anilines is 1. The van der Waals surface area contributed by atoms with E-state index in [0.29, 0.717) is 17.7 Å². The minimum absolute atomic E-state index is 0.0516. The number of phenolic OH excluding ortho intramolecular Hbond substituents is 1. The zero-order valence-electron chi connectivity index (χ0n) is 22.5. The summed E-state index contributed by atoms with van der Waals surface area (Å²) in [5, 5.41) is 48.6. The number of aliphatic hydroxyl groups excluding tert-OH is 2. The number of aliphatic hydroxyl groups is 3. The Morgan fingerprint density at radius 3 is 2.34 bits per heavy atom. The van der Waals surface area contributed by atoms with Crippen molar-refractivity contribution in [2.75, 3.05) is 33.1 Å². The lowest BCUT2D eigenvalue weighted by Crippen LogP contribution is -2.65. The molecule has 4 atom stereocenters. The molecule has 4 rings (SSSR count). The fourth-order valence-corrected chi connectivity index (χ4v) is 6.19. The Balaban J connectivity index is 1.97. The normalized spacial score (nSPS) is 27.0. The molecule has 11 heteroatoms. The van der Waals surface area contributed by atoms with Crippen molar-refractivity contribution in [1.29, 1.82) is 0 Å². The number of Topliss-reactive ketones (excluding diaryl/α,β-unsaturated/α-hetero) is 2. The van der Waals surface area contributed by atoms with Crippen LogP contribution in [0.25, 0.3) is 5.76 Å². The first-order valence-corrected chi connectivity index (χ1v) is 12.6. The predicted molar refractivity (Wildman–Crippen MR) is 141 cm³/mol. The van der Waals surface area contributed by atoms with Crippen molar-refractivity contribution in [2.24, 2.45) is 17.6 Å². The molecule has 11 nitrogen and oxygen atoms in total. The number of rotatable bonds is 6. The van der Waals surface area contributed by atoms with Crippen LogP contribution >= 0.6 is 0 Å². The van der Waals surface area contributed by atoms with E-state index >= 15 is 0 Å². The van der Waals surface area contributed by atoms with Gasteiger partial charge in [0.15, 0.2) is 11.4 Å². The monoisotopic (exact) mass is 528 g/mol. The predicted octanol–water partition coefficient (Wildman–Crippen LogP) is 0.528. The Labute approximate surface area is 221 Å². The SMILES string of the molecule is CC(C)NCc1cc(N(C)C)c2c(c1O)C(O)=C1C(=O)[C@@]3(O)C(O)=C(C(N)=O)C(=O)[C@H](N(C)C)[C@H]3C[C@H]1C2. The molecule has 7 N–H and O–H groups in total. The molecule has 1 fully saturated rings. The molecule has 1 aromatic carbocycles. The summed E-state index contributed by atoms with van der Waals surface area (Å²) in [6.07, 6.45) is 0.295. The molecule has 0 bridgehead atoms. The van der Waals surface area contributed by atoms with Gasteiger partial charge in [0.05, 0.1) is 11.6 Å². The summed E-state index contributed by atoms with van der Waals surface area (Å²) in [7, 11) is 6.82. The van der Waals surface area contributed by atoms with Gasteiger partial charge in [0, 0.05) is 49.4 Å². The first kappa shape index (κ1) is 27.6. The number of benzene rings is 1. The maximum Gasteiger partial charge on any atom is 0.255 e. The van der Waals surface area contributed by atoms with Crippen molar-refractivity contribution in [2.45, 2.75) is 50.9 Å². The fraction of sp³-hybridized carbons (Fsp3) is 0.519. The zero-order valence-corrected chi connectivity index (χ0v) is 22.5. The second-order valence-corrected chi connectivity index (χ2v) is 11.1. The van der Waals surface area contributed by atoms with Gasteiger partial charge in [-0.25, -0.2) is 0 Å². The highest BCUT2D eigenvalue weighted by molar-refractivity contribution is 6.24. The third-order valence-electron chi connectivity index (χ3n) is 7.96. The number of phenols is 1. The van der Waals surface area contributed by atoms with Crippen LogP contribution in [0.4, 0.5) is 5.69 Å². The summed E-state index contributed by atoms with van der Waals surface area (Å²) in [4.78, 5) is 42.6. The van der Waals surface area contributed by atoms with Crippen molar-refractivity contribution in [3.63, 3.8) is 0 Å². The molecule has 38 heavy (non-hydrogen) atoms. The van der Waals surface area contributed by atoms with Gasteiger partial charge < -0.3 is 36.4 Å². The number of primary amides is 1. The number of hydrogen-bond donors (Lipinski definition) is 6. The largest absolute Gasteiger partial charge is 0.508 e.